The summed E-state index contributed by atoms with van der Waals surface area (Å²) < 4.78 is 52.4. The fraction of sp³-hybridized carbons (Fsp3) is 0.250. The molecule has 0 radical (unpaired) electrons. The van der Waals surface area contributed by atoms with Gasteiger partial charge >= 0.3 is 6.18 Å². The van der Waals surface area contributed by atoms with Crippen molar-refractivity contribution in [3.63, 3.8) is 0 Å². The summed E-state index contributed by atoms with van der Waals surface area (Å²) in [5.41, 5.74) is -0.171. The highest BCUT2D eigenvalue weighted by molar-refractivity contribution is 5.94. The fourth-order valence-electron chi connectivity index (χ4n) is 2.15. The lowest BCUT2D eigenvalue weighted by atomic mass is 10.0. The Labute approximate surface area is 134 Å². The molecule has 0 bridgehead atoms. The van der Waals surface area contributed by atoms with E-state index in [2.05, 4.69) is 5.32 Å². The molecule has 0 saturated heterocycles. The summed E-state index contributed by atoms with van der Waals surface area (Å²) in [6.07, 6.45) is -4.58. The zero-order valence-corrected chi connectivity index (χ0v) is 12.6. The standard InChI is InChI=1S/C16H14F4N2O2/c1-22-9-11(4-7-14(22)23)15(24)21-13(8-16(18,19)20)10-2-5-12(17)6-3-10/h2-7,9,13H,8H2,1H3,(H,21,24)/t13-/m1/s1. The molecule has 0 fully saturated rings. The molecule has 0 unspecified atom stereocenters. The number of halogens is 4. The van der Waals surface area contributed by atoms with Gasteiger partial charge in [-0.1, -0.05) is 12.1 Å². The molecule has 128 valence electrons. The smallest absolute Gasteiger partial charge is 0.345 e. The minimum absolute atomic E-state index is 0.0476. The van der Waals surface area contributed by atoms with E-state index in [0.29, 0.717) is 0 Å². The molecule has 1 amide bonds. The molecular weight excluding hydrogens is 328 g/mol. The Hall–Kier alpha value is -2.64. The first-order chi connectivity index (χ1) is 11.2. The fourth-order valence-corrected chi connectivity index (χ4v) is 2.15. The number of carbonyl (C=O) groups is 1. The minimum atomic E-state index is -4.52. The maximum atomic E-state index is 13.0. The van der Waals surface area contributed by atoms with Crippen molar-refractivity contribution in [3.8, 4) is 0 Å². The third-order valence-corrected chi connectivity index (χ3v) is 3.36. The Bertz CT molecular complexity index is 782. The normalized spacial score (nSPS) is 12.7. The van der Waals surface area contributed by atoms with Crippen LogP contribution in [-0.4, -0.2) is 16.7 Å². The summed E-state index contributed by atoms with van der Waals surface area (Å²) in [5, 5.41) is 2.28. The molecule has 0 saturated carbocycles. The van der Waals surface area contributed by atoms with Crippen LogP contribution >= 0.6 is 0 Å². The molecule has 0 aliphatic carbocycles. The summed E-state index contributed by atoms with van der Waals surface area (Å²) in [6, 6.07) is 5.43. The number of carbonyl (C=O) groups excluding carboxylic acids is 1. The molecule has 1 N–H and O–H groups in total. The van der Waals surface area contributed by atoms with E-state index >= 15 is 0 Å². The van der Waals surface area contributed by atoms with Crippen molar-refractivity contribution in [2.24, 2.45) is 7.05 Å². The molecule has 24 heavy (non-hydrogen) atoms. The van der Waals surface area contributed by atoms with Gasteiger partial charge in [0.05, 0.1) is 18.0 Å². The number of pyridine rings is 1. The Kier molecular flexibility index (Phi) is 5.06. The summed E-state index contributed by atoms with van der Waals surface area (Å²) >= 11 is 0. The number of nitrogens with zero attached hydrogens (tertiary/aromatic N) is 1. The number of nitrogens with one attached hydrogen (secondary N) is 1. The number of aryl methyl sites for hydroxylation is 1. The summed E-state index contributed by atoms with van der Waals surface area (Å²) in [7, 11) is 1.42. The second-order valence-corrected chi connectivity index (χ2v) is 5.26. The van der Waals surface area contributed by atoms with Gasteiger partial charge < -0.3 is 9.88 Å². The molecule has 2 aromatic rings. The maximum Gasteiger partial charge on any atom is 0.391 e. The topological polar surface area (TPSA) is 51.1 Å². The predicted octanol–water partition coefficient (Wildman–Crippen LogP) is 2.95. The van der Waals surface area contributed by atoms with E-state index in [1.54, 1.807) is 0 Å². The van der Waals surface area contributed by atoms with Crippen molar-refractivity contribution < 1.29 is 22.4 Å². The highest BCUT2D eigenvalue weighted by Gasteiger charge is 2.33. The van der Waals surface area contributed by atoms with Crippen LogP contribution in [0.5, 0.6) is 0 Å². The van der Waals surface area contributed by atoms with Crippen molar-refractivity contribution >= 4 is 5.91 Å². The average Bonchev–Trinajstić information content (AvgIpc) is 2.48. The maximum absolute atomic E-state index is 13.0. The predicted molar refractivity (Wildman–Crippen MR) is 79.0 cm³/mol. The lowest BCUT2D eigenvalue weighted by Gasteiger charge is -2.21. The quantitative estimate of drug-likeness (QED) is 0.869. The van der Waals surface area contributed by atoms with E-state index in [4.69, 9.17) is 0 Å². The van der Waals surface area contributed by atoms with Crippen LogP contribution in [0.1, 0.15) is 28.4 Å². The lowest BCUT2D eigenvalue weighted by Crippen LogP contribution is -2.32. The van der Waals surface area contributed by atoms with E-state index in [9.17, 15) is 27.2 Å². The van der Waals surface area contributed by atoms with Crippen LogP contribution in [0.4, 0.5) is 17.6 Å². The first-order valence-corrected chi connectivity index (χ1v) is 6.95. The molecule has 0 aliphatic heterocycles. The molecule has 1 heterocycles. The van der Waals surface area contributed by atoms with Gasteiger partial charge in [0.15, 0.2) is 0 Å². The van der Waals surface area contributed by atoms with E-state index in [0.717, 1.165) is 22.8 Å². The van der Waals surface area contributed by atoms with Crippen LogP contribution < -0.4 is 10.9 Å². The van der Waals surface area contributed by atoms with E-state index in [-0.39, 0.29) is 16.7 Å². The van der Waals surface area contributed by atoms with Gasteiger partial charge in [-0.3, -0.25) is 9.59 Å². The van der Waals surface area contributed by atoms with Crippen molar-refractivity contribution in [1.29, 1.82) is 0 Å². The molecule has 4 nitrogen and oxygen atoms in total. The van der Waals surface area contributed by atoms with Gasteiger partial charge in [-0.15, -0.1) is 0 Å². The zero-order valence-electron chi connectivity index (χ0n) is 12.6. The van der Waals surface area contributed by atoms with E-state index in [1.807, 2.05) is 0 Å². The van der Waals surface area contributed by atoms with E-state index < -0.39 is 30.4 Å². The number of hydrogen-bond acceptors (Lipinski definition) is 2. The monoisotopic (exact) mass is 342 g/mol. The number of hydrogen-bond donors (Lipinski definition) is 1. The SMILES string of the molecule is Cn1cc(C(=O)N[C@H](CC(F)(F)F)c2ccc(F)cc2)ccc1=O. The van der Waals surface area contributed by atoms with Gasteiger partial charge in [0.2, 0.25) is 5.56 Å². The molecule has 0 aliphatic rings. The minimum Gasteiger partial charge on any atom is -0.345 e. The average molecular weight is 342 g/mol. The molecule has 8 heteroatoms. The number of rotatable bonds is 4. The van der Waals surface area contributed by atoms with Crippen LogP contribution in [-0.2, 0) is 7.05 Å². The Balaban J connectivity index is 2.26. The van der Waals surface area contributed by atoms with Crippen molar-refractivity contribution in [3.05, 3.63) is 69.9 Å². The van der Waals surface area contributed by atoms with Crippen LogP contribution in [0.15, 0.2) is 47.4 Å². The van der Waals surface area contributed by atoms with Crippen molar-refractivity contribution in [2.45, 2.75) is 18.6 Å². The Morgan fingerprint density at radius 3 is 2.33 bits per heavy atom. The van der Waals surface area contributed by atoms with E-state index in [1.165, 1.54) is 31.4 Å². The van der Waals surface area contributed by atoms with Gasteiger partial charge in [-0.25, -0.2) is 4.39 Å². The molecule has 2 rings (SSSR count). The van der Waals surface area contributed by atoms with Gasteiger partial charge in [0, 0.05) is 19.3 Å². The van der Waals surface area contributed by atoms with Crippen LogP contribution in [0.2, 0.25) is 0 Å². The summed E-state index contributed by atoms with van der Waals surface area (Å²) in [6.45, 7) is 0. The lowest BCUT2D eigenvalue weighted by molar-refractivity contribution is -0.139. The molecule has 0 spiro atoms. The molecular formula is C16H14F4N2O2. The second-order valence-electron chi connectivity index (χ2n) is 5.26. The van der Waals surface area contributed by atoms with Gasteiger partial charge in [-0.2, -0.15) is 13.2 Å². The Morgan fingerprint density at radius 2 is 1.79 bits per heavy atom. The van der Waals surface area contributed by atoms with Crippen LogP contribution in [0.25, 0.3) is 0 Å². The number of benzene rings is 1. The van der Waals surface area contributed by atoms with Crippen LogP contribution in [0, 0.1) is 5.82 Å². The zero-order chi connectivity index (χ0) is 17.9. The summed E-state index contributed by atoms with van der Waals surface area (Å²) in [5.74, 6) is -1.35. The van der Waals surface area contributed by atoms with Gasteiger partial charge in [0.1, 0.15) is 5.82 Å². The molecule has 1 atom stereocenters. The Morgan fingerprint density at radius 1 is 1.17 bits per heavy atom. The first-order valence-electron chi connectivity index (χ1n) is 6.95. The third-order valence-electron chi connectivity index (χ3n) is 3.36. The molecule has 1 aromatic heterocycles. The van der Waals surface area contributed by atoms with Gasteiger partial charge in [0.25, 0.3) is 5.91 Å². The first kappa shape index (κ1) is 17.7. The second kappa shape index (κ2) is 6.86. The van der Waals surface area contributed by atoms with Crippen molar-refractivity contribution in [2.75, 3.05) is 0 Å². The highest BCUT2D eigenvalue weighted by Crippen LogP contribution is 2.29. The largest absolute Gasteiger partial charge is 0.391 e. The van der Waals surface area contributed by atoms with Gasteiger partial charge in [-0.05, 0) is 23.8 Å². The van der Waals surface area contributed by atoms with Crippen molar-refractivity contribution in [1.82, 2.24) is 9.88 Å². The highest BCUT2D eigenvalue weighted by atomic mass is 19.4. The number of alkyl halides is 3. The summed E-state index contributed by atoms with van der Waals surface area (Å²) in [4.78, 5) is 23.5. The number of amides is 1. The third kappa shape index (κ3) is 4.68. The van der Waals surface area contributed by atoms with Crippen LogP contribution in [0.3, 0.4) is 0 Å². The molecule has 1 aromatic carbocycles. The number of aromatic nitrogens is 1.